The number of ketones is 1. The maximum atomic E-state index is 13.0. The van der Waals surface area contributed by atoms with Crippen LogP contribution in [0.3, 0.4) is 0 Å². The van der Waals surface area contributed by atoms with E-state index in [2.05, 4.69) is 35.0 Å². The number of amides is 1. The summed E-state index contributed by atoms with van der Waals surface area (Å²) in [5.74, 6) is 1.49. The van der Waals surface area contributed by atoms with E-state index in [4.69, 9.17) is 16.3 Å². The molecule has 0 aromatic heterocycles. The van der Waals surface area contributed by atoms with E-state index in [9.17, 15) is 9.59 Å². The highest BCUT2D eigenvalue weighted by molar-refractivity contribution is 6.30. The molecule has 0 spiro atoms. The summed E-state index contributed by atoms with van der Waals surface area (Å²) in [4.78, 5) is 28.3. The molecule has 0 radical (unpaired) electrons. The Morgan fingerprint density at radius 1 is 1.12 bits per heavy atom. The molecule has 1 heterocycles. The maximum absolute atomic E-state index is 13.0. The summed E-state index contributed by atoms with van der Waals surface area (Å²) in [5, 5.41) is 4.04. The molecule has 4 rings (SSSR count). The topological polar surface area (TPSA) is 58.6 Å². The van der Waals surface area contributed by atoms with Gasteiger partial charge >= 0.3 is 0 Å². The fraction of sp³-hybridized carbons (Fsp3) is 0.543. The summed E-state index contributed by atoms with van der Waals surface area (Å²) in [6.45, 7) is 8.78. The van der Waals surface area contributed by atoms with Crippen LogP contribution in [0.2, 0.25) is 5.02 Å². The number of Topliss-reactive ketones (excluding diaryl/α,β-unsaturated/α-hetero) is 1. The first-order chi connectivity index (χ1) is 19.8. The number of carbonyl (C=O) groups is 2. The first-order valence-corrected chi connectivity index (χ1v) is 15.7. The van der Waals surface area contributed by atoms with Crippen LogP contribution in [0, 0.1) is 11.3 Å². The third-order valence-corrected chi connectivity index (χ3v) is 9.62. The minimum atomic E-state index is -0.236. The Balaban J connectivity index is 1.27. The van der Waals surface area contributed by atoms with E-state index in [1.165, 1.54) is 11.1 Å². The number of likely N-dealkylation sites (tertiary alicyclic amines) is 1. The van der Waals surface area contributed by atoms with Gasteiger partial charge < -0.3 is 15.0 Å². The number of benzene rings is 2. The van der Waals surface area contributed by atoms with Crippen molar-refractivity contribution in [2.24, 2.45) is 11.3 Å². The zero-order chi connectivity index (χ0) is 29.2. The summed E-state index contributed by atoms with van der Waals surface area (Å²) < 4.78 is 5.25. The van der Waals surface area contributed by atoms with Gasteiger partial charge in [0.05, 0.1) is 13.2 Å². The Morgan fingerprint density at radius 2 is 1.83 bits per heavy atom. The van der Waals surface area contributed by atoms with E-state index in [1.807, 2.05) is 30.3 Å². The Labute approximate surface area is 251 Å². The molecule has 1 aliphatic heterocycles. The number of piperidine rings is 1. The lowest BCUT2D eigenvalue weighted by Gasteiger charge is -2.41. The summed E-state index contributed by atoms with van der Waals surface area (Å²) in [6, 6.07) is 16.0. The van der Waals surface area contributed by atoms with Crippen LogP contribution >= 0.6 is 11.6 Å². The van der Waals surface area contributed by atoms with Gasteiger partial charge in [-0.3, -0.25) is 9.59 Å². The third-order valence-electron chi connectivity index (χ3n) is 9.39. The molecule has 1 saturated carbocycles. The highest BCUT2D eigenvalue weighted by atomic mass is 35.5. The van der Waals surface area contributed by atoms with Crippen LogP contribution in [-0.2, 0) is 16.0 Å². The van der Waals surface area contributed by atoms with E-state index < -0.39 is 0 Å². The predicted octanol–water partition coefficient (Wildman–Crippen LogP) is 7.73. The number of carbonyl (C=O) groups excluding carboxylic acids is 2. The van der Waals surface area contributed by atoms with Crippen molar-refractivity contribution in [3.8, 4) is 5.75 Å². The van der Waals surface area contributed by atoms with E-state index >= 15 is 0 Å². The largest absolute Gasteiger partial charge is 0.497 e. The molecular weight excluding hydrogens is 532 g/mol. The molecule has 2 aliphatic rings. The Kier molecular flexibility index (Phi) is 11.5. The molecule has 1 unspecified atom stereocenters. The van der Waals surface area contributed by atoms with Crippen molar-refractivity contribution in [1.82, 2.24) is 10.2 Å². The summed E-state index contributed by atoms with van der Waals surface area (Å²) in [6.07, 6.45) is 10.6. The SMILES string of the molecule is C=C(CCCC1(C(C)=O)CCN(CCC(NC(=O)C2CCCC2)c2cccc(Cl)c2)CC1)Cc1ccc(OC)cc1. The summed E-state index contributed by atoms with van der Waals surface area (Å²) in [5.41, 5.74) is 3.27. The van der Waals surface area contributed by atoms with Crippen LogP contribution < -0.4 is 10.1 Å². The van der Waals surface area contributed by atoms with Gasteiger partial charge in [0.15, 0.2) is 0 Å². The van der Waals surface area contributed by atoms with Crippen LogP contribution in [0.25, 0.3) is 0 Å². The van der Waals surface area contributed by atoms with Gasteiger partial charge in [-0.15, -0.1) is 0 Å². The zero-order valence-electron chi connectivity index (χ0n) is 24.9. The molecule has 1 aliphatic carbocycles. The molecule has 222 valence electrons. The molecule has 5 nitrogen and oxygen atoms in total. The highest BCUT2D eigenvalue weighted by Gasteiger charge is 2.38. The molecule has 1 N–H and O–H groups in total. The molecule has 2 fully saturated rings. The summed E-state index contributed by atoms with van der Waals surface area (Å²) in [7, 11) is 1.68. The number of hydrogen-bond donors (Lipinski definition) is 1. The van der Waals surface area contributed by atoms with Gasteiger partial charge in [0.25, 0.3) is 0 Å². The fourth-order valence-corrected chi connectivity index (χ4v) is 6.81. The number of methoxy groups -OCH3 is 1. The standard InChI is InChI=1S/C35H47ClN2O3/c1-26(24-28-13-15-32(41-3)16-14-28)8-7-18-35(27(2)39)19-22-38(23-20-35)21-17-33(30-11-6-12-31(36)25-30)37-34(40)29-9-4-5-10-29/h6,11-16,25,29,33H,1,4-5,7-10,17-24H2,2-3H3,(H,37,40). The lowest BCUT2D eigenvalue weighted by molar-refractivity contribution is -0.130. The van der Waals surface area contributed by atoms with Crippen molar-refractivity contribution >= 4 is 23.3 Å². The van der Waals surface area contributed by atoms with Crippen molar-refractivity contribution in [3.05, 3.63) is 76.8 Å². The second-order valence-electron chi connectivity index (χ2n) is 12.2. The van der Waals surface area contributed by atoms with Gasteiger partial charge in [-0.05, 0) is 113 Å². The fourth-order valence-electron chi connectivity index (χ4n) is 6.61. The Hall–Kier alpha value is -2.63. The molecular formula is C35H47ClN2O3. The number of rotatable bonds is 14. The summed E-state index contributed by atoms with van der Waals surface area (Å²) >= 11 is 6.31. The maximum Gasteiger partial charge on any atom is 0.223 e. The number of halogens is 1. The van der Waals surface area contributed by atoms with E-state index in [1.54, 1.807) is 14.0 Å². The lowest BCUT2D eigenvalue weighted by Crippen LogP contribution is -2.44. The van der Waals surface area contributed by atoms with Gasteiger partial charge in [0.1, 0.15) is 11.5 Å². The number of ether oxygens (including phenoxy) is 1. The second-order valence-corrected chi connectivity index (χ2v) is 12.6. The number of nitrogens with one attached hydrogen (secondary N) is 1. The molecule has 6 heteroatoms. The first kappa shape index (κ1) is 31.3. The second kappa shape index (κ2) is 15.0. The lowest BCUT2D eigenvalue weighted by atomic mass is 9.71. The molecule has 41 heavy (non-hydrogen) atoms. The molecule has 1 amide bonds. The Morgan fingerprint density at radius 3 is 2.46 bits per heavy atom. The van der Waals surface area contributed by atoms with E-state index in [0.717, 1.165) is 102 Å². The Bertz CT molecular complexity index is 1160. The minimum Gasteiger partial charge on any atom is -0.497 e. The normalized spacial score (nSPS) is 18.1. The smallest absolute Gasteiger partial charge is 0.223 e. The molecule has 0 bridgehead atoms. The molecule has 1 saturated heterocycles. The van der Waals surface area contributed by atoms with Crippen LogP contribution in [0.5, 0.6) is 5.75 Å². The van der Waals surface area contributed by atoms with Crippen molar-refractivity contribution in [1.29, 1.82) is 0 Å². The minimum absolute atomic E-state index is 0.0574. The van der Waals surface area contributed by atoms with Gasteiger partial charge in [-0.2, -0.15) is 0 Å². The van der Waals surface area contributed by atoms with Gasteiger partial charge in [0, 0.05) is 22.9 Å². The first-order valence-electron chi connectivity index (χ1n) is 15.4. The van der Waals surface area contributed by atoms with Crippen molar-refractivity contribution < 1.29 is 14.3 Å². The molecule has 2 aromatic carbocycles. The quantitative estimate of drug-likeness (QED) is 0.233. The predicted molar refractivity (Wildman–Crippen MR) is 167 cm³/mol. The van der Waals surface area contributed by atoms with Crippen LogP contribution in [0.4, 0.5) is 0 Å². The van der Waals surface area contributed by atoms with Gasteiger partial charge in [-0.1, -0.05) is 60.9 Å². The van der Waals surface area contributed by atoms with E-state index in [0.29, 0.717) is 10.8 Å². The average molecular weight is 579 g/mol. The van der Waals surface area contributed by atoms with Crippen molar-refractivity contribution in [2.75, 3.05) is 26.7 Å². The molecule has 2 aromatic rings. The van der Waals surface area contributed by atoms with Crippen molar-refractivity contribution in [3.63, 3.8) is 0 Å². The third kappa shape index (κ3) is 8.93. The van der Waals surface area contributed by atoms with Crippen LogP contribution in [-0.4, -0.2) is 43.3 Å². The number of allylic oxidation sites excluding steroid dienone is 1. The number of nitrogens with zero attached hydrogens (tertiary/aromatic N) is 1. The van der Waals surface area contributed by atoms with Crippen LogP contribution in [0.15, 0.2) is 60.7 Å². The average Bonchev–Trinajstić information content (AvgIpc) is 3.52. The van der Waals surface area contributed by atoms with E-state index in [-0.39, 0.29) is 23.3 Å². The van der Waals surface area contributed by atoms with Crippen molar-refractivity contribution in [2.45, 2.75) is 83.6 Å². The van der Waals surface area contributed by atoms with Gasteiger partial charge in [-0.25, -0.2) is 0 Å². The monoisotopic (exact) mass is 578 g/mol. The highest BCUT2D eigenvalue weighted by Crippen LogP contribution is 2.38. The van der Waals surface area contributed by atoms with Gasteiger partial charge in [0.2, 0.25) is 5.91 Å². The molecule has 1 atom stereocenters. The zero-order valence-corrected chi connectivity index (χ0v) is 25.7. The van der Waals surface area contributed by atoms with Crippen LogP contribution in [0.1, 0.15) is 88.3 Å². The number of hydrogen-bond acceptors (Lipinski definition) is 4.